The van der Waals surface area contributed by atoms with Gasteiger partial charge in [-0.2, -0.15) is 5.10 Å². The highest BCUT2D eigenvalue weighted by atomic mass is 35.5. The second kappa shape index (κ2) is 13.7. The quantitative estimate of drug-likeness (QED) is 0.324. The van der Waals surface area contributed by atoms with Crippen molar-refractivity contribution in [3.05, 3.63) is 72.3 Å². The highest BCUT2D eigenvalue weighted by Crippen LogP contribution is 2.28. The van der Waals surface area contributed by atoms with Crippen LogP contribution in [-0.2, 0) is 21.7 Å². The lowest BCUT2D eigenvalue weighted by Gasteiger charge is -2.35. The molecule has 220 valence electrons. The fourth-order valence-electron chi connectivity index (χ4n) is 4.82. The predicted molar refractivity (Wildman–Crippen MR) is 149 cm³/mol. The molecule has 1 N–H and O–H groups in total. The summed E-state index contributed by atoms with van der Waals surface area (Å²) < 4.78 is 35.7. The Labute approximate surface area is 242 Å². The van der Waals surface area contributed by atoms with Gasteiger partial charge in [0.25, 0.3) is 0 Å². The molecule has 0 radical (unpaired) electrons. The maximum absolute atomic E-state index is 14.9. The van der Waals surface area contributed by atoms with Crippen LogP contribution in [0.3, 0.4) is 0 Å². The lowest BCUT2D eigenvalue weighted by molar-refractivity contribution is -0.136. The summed E-state index contributed by atoms with van der Waals surface area (Å²) in [5, 5.41) is 15.7. The Hall–Kier alpha value is -3.77. The van der Waals surface area contributed by atoms with Crippen LogP contribution >= 0.6 is 11.6 Å². The SMILES string of the molecule is CC(=O)N1CCN(c2ccc(OCCN(CC(O)(Cn3cncn3)c3ccc(F)cc3F)C(=O)CCCl)cc2)CC1. The molecular weight excluding hydrogens is 558 g/mol. The molecule has 1 atom stereocenters. The second-order valence-electron chi connectivity index (χ2n) is 9.84. The van der Waals surface area contributed by atoms with Gasteiger partial charge in [0.15, 0.2) is 0 Å². The summed E-state index contributed by atoms with van der Waals surface area (Å²) in [6, 6.07) is 10.4. The van der Waals surface area contributed by atoms with E-state index in [0.29, 0.717) is 24.9 Å². The third-order valence-corrected chi connectivity index (χ3v) is 7.18. The first-order valence-electron chi connectivity index (χ1n) is 13.3. The van der Waals surface area contributed by atoms with Crippen LogP contribution in [0.1, 0.15) is 18.9 Å². The molecule has 1 aromatic heterocycles. The zero-order valence-corrected chi connectivity index (χ0v) is 23.5. The number of halogens is 3. The molecule has 1 unspecified atom stereocenters. The van der Waals surface area contributed by atoms with E-state index >= 15 is 0 Å². The van der Waals surface area contributed by atoms with Crippen LogP contribution in [0.15, 0.2) is 55.1 Å². The molecule has 1 aliphatic heterocycles. The summed E-state index contributed by atoms with van der Waals surface area (Å²) in [4.78, 5) is 33.8. The van der Waals surface area contributed by atoms with Crippen molar-refractivity contribution >= 4 is 29.1 Å². The maximum Gasteiger partial charge on any atom is 0.223 e. The lowest BCUT2D eigenvalue weighted by Crippen LogP contribution is -2.48. The summed E-state index contributed by atoms with van der Waals surface area (Å²) in [6.07, 6.45) is 2.62. The highest BCUT2D eigenvalue weighted by molar-refractivity contribution is 6.18. The average Bonchev–Trinajstić information content (AvgIpc) is 3.45. The van der Waals surface area contributed by atoms with E-state index < -0.39 is 17.2 Å². The average molecular weight is 591 g/mol. The van der Waals surface area contributed by atoms with Crippen molar-refractivity contribution in [3.63, 3.8) is 0 Å². The van der Waals surface area contributed by atoms with Gasteiger partial charge < -0.3 is 24.5 Å². The molecular formula is C28H33ClF2N6O4. The Morgan fingerprint density at radius 1 is 1.12 bits per heavy atom. The fourth-order valence-corrected chi connectivity index (χ4v) is 4.98. The van der Waals surface area contributed by atoms with Gasteiger partial charge in [-0.05, 0) is 30.3 Å². The van der Waals surface area contributed by atoms with Gasteiger partial charge in [-0.3, -0.25) is 9.59 Å². The van der Waals surface area contributed by atoms with E-state index in [4.69, 9.17) is 16.3 Å². The van der Waals surface area contributed by atoms with E-state index in [-0.39, 0.29) is 55.9 Å². The van der Waals surface area contributed by atoms with Gasteiger partial charge in [-0.25, -0.2) is 18.4 Å². The lowest BCUT2D eigenvalue weighted by atomic mass is 9.92. The van der Waals surface area contributed by atoms with Gasteiger partial charge in [0.2, 0.25) is 11.8 Å². The van der Waals surface area contributed by atoms with Gasteiger partial charge >= 0.3 is 0 Å². The van der Waals surface area contributed by atoms with Crippen molar-refractivity contribution in [2.24, 2.45) is 0 Å². The van der Waals surface area contributed by atoms with Crippen molar-refractivity contribution in [2.45, 2.75) is 25.5 Å². The number of piperazine rings is 1. The topological polar surface area (TPSA) is 104 Å². The monoisotopic (exact) mass is 590 g/mol. The number of amides is 2. The van der Waals surface area contributed by atoms with E-state index in [1.54, 1.807) is 6.92 Å². The Kier molecular flexibility index (Phi) is 10.1. The molecule has 3 aromatic rings. The Bertz CT molecular complexity index is 1310. The minimum Gasteiger partial charge on any atom is -0.492 e. The van der Waals surface area contributed by atoms with E-state index in [1.165, 1.54) is 22.2 Å². The van der Waals surface area contributed by atoms with E-state index in [9.17, 15) is 23.5 Å². The van der Waals surface area contributed by atoms with Gasteiger partial charge in [-0.15, -0.1) is 11.6 Å². The number of carbonyl (C=O) groups excluding carboxylic acids is 2. The summed E-state index contributed by atoms with van der Waals surface area (Å²) in [6.45, 7) is 4.01. The number of benzene rings is 2. The van der Waals surface area contributed by atoms with Gasteiger partial charge in [-0.1, -0.05) is 6.07 Å². The number of hydrogen-bond acceptors (Lipinski definition) is 7. The minimum atomic E-state index is -1.96. The molecule has 1 saturated heterocycles. The summed E-state index contributed by atoms with van der Waals surface area (Å²) in [7, 11) is 0. The molecule has 41 heavy (non-hydrogen) atoms. The van der Waals surface area contributed by atoms with Crippen molar-refractivity contribution in [3.8, 4) is 5.75 Å². The molecule has 0 bridgehead atoms. The van der Waals surface area contributed by atoms with E-state index in [1.807, 2.05) is 29.2 Å². The van der Waals surface area contributed by atoms with E-state index in [2.05, 4.69) is 15.0 Å². The fraction of sp³-hybridized carbons (Fsp3) is 0.429. The Balaban J connectivity index is 1.43. The molecule has 1 fully saturated rings. The van der Waals surface area contributed by atoms with Crippen molar-refractivity contribution in [1.82, 2.24) is 24.6 Å². The van der Waals surface area contributed by atoms with Crippen molar-refractivity contribution in [2.75, 3.05) is 56.7 Å². The number of hydrogen-bond donors (Lipinski definition) is 1. The predicted octanol–water partition coefficient (Wildman–Crippen LogP) is 2.65. The van der Waals surface area contributed by atoms with E-state index in [0.717, 1.165) is 30.9 Å². The summed E-state index contributed by atoms with van der Waals surface area (Å²) >= 11 is 5.83. The molecule has 1 aliphatic rings. The molecule has 0 saturated carbocycles. The number of ether oxygens (including phenoxy) is 1. The zero-order valence-electron chi connectivity index (χ0n) is 22.8. The number of aromatic nitrogens is 3. The van der Waals surface area contributed by atoms with Gasteiger partial charge in [0, 0.05) is 62.7 Å². The van der Waals surface area contributed by atoms with Gasteiger partial charge in [0.05, 0.1) is 19.6 Å². The van der Waals surface area contributed by atoms with Crippen molar-refractivity contribution < 1.29 is 28.2 Å². The van der Waals surface area contributed by atoms with Crippen LogP contribution in [0.5, 0.6) is 5.75 Å². The Morgan fingerprint density at radius 2 is 1.85 bits per heavy atom. The maximum atomic E-state index is 14.9. The number of aliphatic hydroxyl groups is 1. The minimum absolute atomic E-state index is 0.00154. The molecule has 4 rings (SSSR count). The normalized spacial score (nSPS) is 15.0. The standard InChI is InChI=1S/C28H33ClF2N6O4/c1-21(38)34-10-12-35(13-11-34)23-3-5-24(6-4-23)41-15-14-36(27(39)8-9-29)17-28(40,18-37-20-32-19-33-37)25-7-2-22(30)16-26(25)31/h2-7,16,19-20,40H,8-15,17-18H2,1H3. The van der Waals surface area contributed by atoms with Crippen LogP contribution < -0.4 is 9.64 Å². The second-order valence-corrected chi connectivity index (χ2v) is 10.2. The molecule has 10 nitrogen and oxygen atoms in total. The van der Waals surface area contributed by atoms with Crippen LogP contribution in [0.4, 0.5) is 14.5 Å². The molecule has 2 heterocycles. The van der Waals surface area contributed by atoms with Crippen LogP contribution in [-0.4, -0.2) is 93.2 Å². The first-order chi connectivity index (χ1) is 19.7. The van der Waals surface area contributed by atoms with Crippen LogP contribution in [0, 0.1) is 11.6 Å². The largest absolute Gasteiger partial charge is 0.492 e. The molecule has 2 amide bonds. The third kappa shape index (κ3) is 7.92. The molecule has 13 heteroatoms. The summed E-state index contributed by atoms with van der Waals surface area (Å²) in [5.74, 6) is -1.37. The first-order valence-corrected chi connectivity index (χ1v) is 13.8. The Morgan fingerprint density at radius 3 is 2.46 bits per heavy atom. The first kappa shape index (κ1) is 30.2. The number of anilines is 1. The van der Waals surface area contributed by atoms with Crippen LogP contribution in [0.2, 0.25) is 0 Å². The number of nitrogens with zero attached hydrogens (tertiary/aromatic N) is 6. The number of alkyl halides is 1. The summed E-state index contributed by atoms with van der Waals surface area (Å²) in [5.41, 5.74) is -1.13. The molecule has 0 aliphatic carbocycles. The van der Waals surface area contributed by atoms with Gasteiger partial charge in [0.1, 0.15) is 42.2 Å². The third-order valence-electron chi connectivity index (χ3n) is 6.99. The molecule has 0 spiro atoms. The highest BCUT2D eigenvalue weighted by Gasteiger charge is 2.37. The van der Waals surface area contributed by atoms with Crippen LogP contribution in [0.25, 0.3) is 0 Å². The zero-order chi connectivity index (χ0) is 29.4. The number of carbonyl (C=O) groups is 2. The number of rotatable bonds is 12. The smallest absolute Gasteiger partial charge is 0.223 e. The molecule has 2 aromatic carbocycles. The van der Waals surface area contributed by atoms with Crippen molar-refractivity contribution in [1.29, 1.82) is 0 Å².